The molecule has 0 aliphatic carbocycles. The van der Waals surface area contributed by atoms with Crippen LogP contribution in [0.2, 0.25) is 0 Å². The number of likely N-dealkylation sites (tertiary alicyclic amines) is 1. The number of hydrogen-bond donors (Lipinski definition) is 1. The van der Waals surface area contributed by atoms with Gasteiger partial charge in [0.15, 0.2) is 0 Å². The summed E-state index contributed by atoms with van der Waals surface area (Å²) in [5.74, 6) is -0.289. The van der Waals surface area contributed by atoms with Gasteiger partial charge in [0.25, 0.3) is 0 Å². The Morgan fingerprint density at radius 2 is 2.25 bits per heavy atom. The Hall–Kier alpha value is -0.610. The van der Waals surface area contributed by atoms with Gasteiger partial charge in [-0.1, -0.05) is 13.3 Å². The summed E-state index contributed by atoms with van der Waals surface area (Å²) in [5.41, 5.74) is -0.861. The molecule has 1 heterocycles. The van der Waals surface area contributed by atoms with E-state index < -0.39 is 5.60 Å². The fourth-order valence-corrected chi connectivity index (χ4v) is 2.14. The molecule has 4 nitrogen and oxygen atoms in total. The minimum atomic E-state index is -0.861. The third-order valence-corrected chi connectivity index (χ3v) is 3.02. The minimum Gasteiger partial charge on any atom is -0.466 e. The number of esters is 1. The molecule has 1 aliphatic heterocycles. The lowest BCUT2D eigenvalue weighted by Crippen LogP contribution is -2.36. The molecule has 0 amide bonds. The van der Waals surface area contributed by atoms with Crippen molar-refractivity contribution in [2.45, 2.75) is 45.1 Å². The number of ether oxygens (including phenoxy) is 1. The van der Waals surface area contributed by atoms with Gasteiger partial charge in [-0.2, -0.15) is 0 Å². The summed E-state index contributed by atoms with van der Waals surface area (Å²) in [6.07, 6.45) is 3.11. The first-order chi connectivity index (χ1) is 7.59. The summed E-state index contributed by atoms with van der Waals surface area (Å²) in [5, 5.41) is 10.2. The Balaban J connectivity index is 2.33. The summed E-state index contributed by atoms with van der Waals surface area (Å²) >= 11 is 0. The molecule has 0 radical (unpaired) electrons. The minimum absolute atomic E-state index is 0.128. The van der Waals surface area contributed by atoms with Crippen molar-refractivity contribution in [1.29, 1.82) is 0 Å². The Bertz CT molecular complexity index is 232. The quantitative estimate of drug-likeness (QED) is 0.695. The normalized spacial score (nSPS) is 25.9. The molecular formula is C12H23NO3. The first-order valence-electron chi connectivity index (χ1n) is 6.20. The van der Waals surface area contributed by atoms with Crippen molar-refractivity contribution in [2.75, 3.05) is 26.2 Å². The van der Waals surface area contributed by atoms with Crippen LogP contribution in [-0.4, -0.2) is 47.8 Å². The van der Waals surface area contributed by atoms with Gasteiger partial charge in [0, 0.05) is 13.1 Å². The number of β-amino-alcohol motifs (C(OH)–C–C–N with tert-alkyl or cyclic N) is 1. The summed E-state index contributed by atoms with van der Waals surface area (Å²) in [6.45, 7) is 6.82. The van der Waals surface area contributed by atoms with Crippen LogP contribution < -0.4 is 0 Å². The molecule has 16 heavy (non-hydrogen) atoms. The van der Waals surface area contributed by atoms with Gasteiger partial charge in [-0.15, -0.1) is 0 Å². The van der Waals surface area contributed by atoms with Crippen LogP contribution >= 0.6 is 0 Å². The molecule has 1 fully saturated rings. The monoisotopic (exact) mass is 229 g/mol. The summed E-state index contributed by atoms with van der Waals surface area (Å²) in [7, 11) is 0. The Labute approximate surface area is 97.6 Å². The SMILES string of the molecule is CCCCN1CCC(O)(CC(=O)OCC)C1. The van der Waals surface area contributed by atoms with E-state index in [1.807, 2.05) is 0 Å². The number of nitrogens with zero attached hydrogens (tertiary/aromatic N) is 1. The van der Waals surface area contributed by atoms with E-state index in [1.165, 1.54) is 0 Å². The molecule has 1 atom stereocenters. The predicted molar refractivity (Wildman–Crippen MR) is 62.2 cm³/mol. The number of rotatable bonds is 6. The maximum Gasteiger partial charge on any atom is 0.308 e. The molecular weight excluding hydrogens is 206 g/mol. The predicted octanol–water partition coefficient (Wildman–Crippen LogP) is 1.18. The third-order valence-electron chi connectivity index (χ3n) is 3.02. The van der Waals surface area contributed by atoms with Gasteiger partial charge in [-0.25, -0.2) is 0 Å². The number of hydrogen-bond acceptors (Lipinski definition) is 4. The van der Waals surface area contributed by atoms with Gasteiger partial charge >= 0.3 is 5.97 Å². The zero-order valence-corrected chi connectivity index (χ0v) is 10.4. The Morgan fingerprint density at radius 1 is 1.50 bits per heavy atom. The van der Waals surface area contributed by atoms with Crippen LogP contribution in [0.1, 0.15) is 39.5 Å². The fourth-order valence-electron chi connectivity index (χ4n) is 2.14. The van der Waals surface area contributed by atoms with Crippen molar-refractivity contribution >= 4 is 5.97 Å². The average molecular weight is 229 g/mol. The smallest absolute Gasteiger partial charge is 0.308 e. The molecule has 4 heteroatoms. The second kappa shape index (κ2) is 6.21. The van der Waals surface area contributed by atoms with E-state index in [0.29, 0.717) is 19.6 Å². The van der Waals surface area contributed by atoms with Crippen LogP contribution in [0.15, 0.2) is 0 Å². The van der Waals surface area contributed by atoms with Crippen molar-refractivity contribution in [3.63, 3.8) is 0 Å². The van der Waals surface area contributed by atoms with Crippen LogP contribution in [0.4, 0.5) is 0 Å². The summed E-state index contributed by atoms with van der Waals surface area (Å²) in [4.78, 5) is 13.5. The van der Waals surface area contributed by atoms with E-state index >= 15 is 0 Å². The molecule has 0 saturated carbocycles. The lowest BCUT2D eigenvalue weighted by molar-refractivity contribution is -0.148. The highest BCUT2D eigenvalue weighted by atomic mass is 16.5. The lowest BCUT2D eigenvalue weighted by Gasteiger charge is -2.22. The largest absolute Gasteiger partial charge is 0.466 e. The van der Waals surface area contributed by atoms with Crippen molar-refractivity contribution in [2.24, 2.45) is 0 Å². The molecule has 1 saturated heterocycles. The highest BCUT2D eigenvalue weighted by Crippen LogP contribution is 2.25. The zero-order chi connectivity index (χ0) is 12.0. The molecule has 0 aromatic heterocycles. The topological polar surface area (TPSA) is 49.8 Å². The van der Waals surface area contributed by atoms with Gasteiger partial charge in [0.1, 0.15) is 0 Å². The van der Waals surface area contributed by atoms with Crippen LogP contribution in [0.5, 0.6) is 0 Å². The molecule has 0 bridgehead atoms. The van der Waals surface area contributed by atoms with E-state index in [4.69, 9.17) is 4.74 Å². The first kappa shape index (κ1) is 13.5. The van der Waals surface area contributed by atoms with Gasteiger partial charge in [-0.05, 0) is 26.3 Å². The number of carbonyl (C=O) groups is 1. The molecule has 0 aromatic carbocycles. The Kier molecular flexibility index (Phi) is 5.22. The van der Waals surface area contributed by atoms with E-state index in [9.17, 15) is 9.90 Å². The fraction of sp³-hybridized carbons (Fsp3) is 0.917. The zero-order valence-electron chi connectivity index (χ0n) is 10.4. The second-order valence-electron chi connectivity index (χ2n) is 4.59. The molecule has 1 rings (SSSR count). The van der Waals surface area contributed by atoms with Gasteiger partial charge in [0.2, 0.25) is 0 Å². The van der Waals surface area contributed by atoms with E-state index in [0.717, 1.165) is 25.9 Å². The van der Waals surface area contributed by atoms with Crippen molar-refractivity contribution in [3.8, 4) is 0 Å². The number of carbonyl (C=O) groups excluding carboxylic acids is 1. The van der Waals surface area contributed by atoms with Gasteiger partial charge < -0.3 is 14.7 Å². The maximum absolute atomic E-state index is 11.3. The van der Waals surface area contributed by atoms with E-state index in [1.54, 1.807) is 6.92 Å². The van der Waals surface area contributed by atoms with Crippen molar-refractivity contribution < 1.29 is 14.6 Å². The highest BCUT2D eigenvalue weighted by Gasteiger charge is 2.37. The molecule has 1 aliphatic rings. The van der Waals surface area contributed by atoms with E-state index in [2.05, 4.69) is 11.8 Å². The Morgan fingerprint density at radius 3 is 2.88 bits per heavy atom. The summed E-state index contributed by atoms with van der Waals surface area (Å²) in [6, 6.07) is 0. The number of aliphatic hydroxyl groups is 1. The van der Waals surface area contributed by atoms with Crippen LogP contribution in [0.3, 0.4) is 0 Å². The van der Waals surface area contributed by atoms with E-state index in [-0.39, 0.29) is 12.4 Å². The standard InChI is InChI=1S/C12H23NO3/c1-3-5-7-13-8-6-12(15,10-13)9-11(14)16-4-2/h15H,3-10H2,1-2H3. The first-order valence-corrected chi connectivity index (χ1v) is 6.20. The highest BCUT2D eigenvalue weighted by molar-refractivity contribution is 5.70. The van der Waals surface area contributed by atoms with Crippen LogP contribution in [0.25, 0.3) is 0 Å². The second-order valence-corrected chi connectivity index (χ2v) is 4.59. The number of unbranched alkanes of at least 4 members (excludes halogenated alkanes) is 1. The molecule has 0 aromatic rings. The van der Waals surface area contributed by atoms with Gasteiger partial charge in [0.05, 0.1) is 18.6 Å². The van der Waals surface area contributed by atoms with Crippen molar-refractivity contribution in [1.82, 2.24) is 4.90 Å². The molecule has 0 spiro atoms. The van der Waals surface area contributed by atoms with Crippen molar-refractivity contribution in [3.05, 3.63) is 0 Å². The molecule has 94 valence electrons. The van der Waals surface area contributed by atoms with Gasteiger partial charge in [-0.3, -0.25) is 4.79 Å². The summed E-state index contributed by atoms with van der Waals surface area (Å²) < 4.78 is 4.87. The lowest BCUT2D eigenvalue weighted by atomic mass is 9.99. The average Bonchev–Trinajstić information content (AvgIpc) is 2.57. The van der Waals surface area contributed by atoms with Crippen LogP contribution in [0, 0.1) is 0 Å². The van der Waals surface area contributed by atoms with Crippen LogP contribution in [-0.2, 0) is 9.53 Å². The maximum atomic E-state index is 11.3. The molecule has 1 unspecified atom stereocenters. The third kappa shape index (κ3) is 4.10. The molecule has 1 N–H and O–H groups in total.